The van der Waals surface area contributed by atoms with Crippen LogP contribution in [0.2, 0.25) is 0 Å². The molecule has 6 nitrogen and oxygen atoms in total. The zero-order valence-electron chi connectivity index (χ0n) is 38.3. The SMILES string of the molecule is CC1=CC2C3=C(CCC(C)C3)N(C3=C(C#N)C=C(C4NC(C5=CC=CCC5)NC(C5CCC6SC7CCCCC7C6C5)N4)C(N4C5=C(C=C(C)CC5)C5C=C(C)C=CC54)C3)C2C=C1. The van der Waals surface area contributed by atoms with Gasteiger partial charge in [0.1, 0.15) is 6.07 Å². The fraction of sp³-hybridized carbons (Fsp3) is 0.589. The molecule has 63 heavy (non-hydrogen) atoms. The smallest absolute Gasteiger partial charge is 0.101 e. The van der Waals surface area contributed by atoms with Gasteiger partial charge in [0.2, 0.25) is 0 Å². The molecule has 4 heterocycles. The van der Waals surface area contributed by atoms with Crippen LogP contribution in [-0.2, 0) is 0 Å². The lowest BCUT2D eigenvalue weighted by Crippen LogP contribution is -2.71. The molecule has 4 fully saturated rings. The quantitative estimate of drug-likeness (QED) is 0.254. The molecule has 7 heteroatoms. The predicted molar refractivity (Wildman–Crippen MR) is 258 cm³/mol. The van der Waals surface area contributed by atoms with Gasteiger partial charge >= 0.3 is 0 Å². The Morgan fingerprint density at radius 3 is 2.41 bits per heavy atom. The Morgan fingerprint density at radius 2 is 1.57 bits per heavy atom. The monoisotopic (exact) mass is 859 g/mol. The van der Waals surface area contributed by atoms with E-state index in [1.165, 1.54) is 102 Å². The van der Waals surface area contributed by atoms with Gasteiger partial charge in [-0.15, -0.1) is 0 Å². The standard InChI is InChI=1S/C56H70N6S/c1-32-14-19-46-40(24-32)41-25-33(2)15-20-47(41)61(46)50-30-51(62-48-21-16-34(3)26-42(48)43-27-35(4)17-22-49(43)62)45(29-38(50)31-57)56-59-54(36-10-6-5-7-11-36)58-55(60-56)37-18-23-53-44(28-37)39-12-8-9-13-52(39)63-53/h5-6,10,14,16,19,21,24,26-27,29,33,37,39-40,42,44,46,48,51-56,58-60H,7-9,11-13,15,17-18,20,22-23,25,28,30H2,1-4H3. The molecule has 14 unspecified atom stereocenters. The number of hydrogen-bond donors (Lipinski definition) is 3. The van der Waals surface area contributed by atoms with Crippen molar-refractivity contribution in [1.82, 2.24) is 25.8 Å². The molecule has 2 saturated heterocycles. The van der Waals surface area contributed by atoms with Crippen LogP contribution in [0, 0.1) is 46.8 Å². The molecular weight excluding hydrogens is 789 g/mol. The van der Waals surface area contributed by atoms with Crippen molar-refractivity contribution in [2.75, 3.05) is 0 Å². The van der Waals surface area contributed by atoms with E-state index < -0.39 is 0 Å². The maximum absolute atomic E-state index is 11.4. The van der Waals surface area contributed by atoms with Gasteiger partial charge in [-0.05, 0) is 150 Å². The van der Waals surface area contributed by atoms with Crippen LogP contribution in [0.5, 0.6) is 0 Å². The van der Waals surface area contributed by atoms with E-state index in [0.717, 1.165) is 72.9 Å². The maximum Gasteiger partial charge on any atom is 0.101 e. The predicted octanol–water partition coefficient (Wildman–Crippen LogP) is 11.3. The Hall–Kier alpha value is -3.54. The molecule has 0 aromatic heterocycles. The maximum atomic E-state index is 11.4. The van der Waals surface area contributed by atoms with Crippen LogP contribution in [0.1, 0.15) is 124 Å². The molecule has 8 aliphatic carbocycles. The van der Waals surface area contributed by atoms with Gasteiger partial charge in [0.15, 0.2) is 0 Å². The lowest BCUT2D eigenvalue weighted by Gasteiger charge is -2.50. The minimum atomic E-state index is -0.0633. The van der Waals surface area contributed by atoms with Crippen molar-refractivity contribution in [3.8, 4) is 6.07 Å². The number of allylic oxidation sites excluding steroid dienone is 13. The molecule has 0 spiro atoms. The zero-order valence-corrected chi connectivity index (χ0v) is 39.1. The molecule has 3 N–H and O–H groups in total. The molecule has 12 aliphatic rings. The van der Waals surface area contributed by atoms with Crippen LogP contribution in [0.3, 0.4) is 0 Å². The number of rotatable bonds is 5. The van der Waals surface area contributed by atoms with Crippen molar-refractivity contribution in [3.63, 3.8) is 0 Å². The van der Waals surface area contributed by atoms with Crippen molar-refractivity contribution in [2.45, 2.75) is 171 Å². The molecule has 12 rings (SSSR count). The fourth-order valence-electron chi connectivity index (χ4n) is 15.0. The summed E-state index contributed by atoms with van der Waals surface area (Å²) in [6, 6.07) is 3.49. The highest BCUT2D eigenvalue weighted by atomic mass is 32.2. The largest absolute Gasteiger partial charge is 0.360 e. The van der Waals surface area contributed by atoms with E-state index in [9.17, 15) is 5.26 Å². The lowest BCUT2D eigenvalue weighted by molar-refractivity contribution is 0.107. The summed E-state index contributed by atoms with van der Waals surface area (Å²) in [6.45, 7) is 9.32. The average molecular weight is 859 g/mol. The summed E-state index contributed by atoms with van der Waals surface area (Å²) in [5.41, 5.74) is 15.4. The van der Waals surface area contributed by atoms with Crippen LogP contribution in [-0.4, -0.2) is 56.9 Å². The van der Waals surface area contributed by atoms with E-state index in [-0.39, 0.29) is 36.6 Å². The minimum Gasteiger partial charge on any atom is -0.360 e. The second-order valence-corrected chi connectivity index (χ2v) is 23.3. The minimum absolute atomic E-state index is 0.0633. The van der Waals surface area contributed by atoms with Gasteiger partial charge in [-0.3, -0.25) is 16.0 Å². The molecule has 4 aliphatic heterocycles. The molecule has 0 bridgehead atoms. The van der Waals surface area contributed by atoms with E-state index in [1.807, 2.05) is 0 Å². The van der Waals surface area contributed by atoms with Crippen LogP contribution < -0.4 is 16.0 Å². The van der Waals surface area contributed by atoms with Crippen LogP contribution in [0.25, 0.3) is 0 Å². The van der Waals surface area contributed by atoms with Crippen molar-refractivity contribution in [1.29, 1.82) is 5.26 Å². The Labute approximate surface area is 382 Å². The van der Waals surface area contributed by atoms with Crippen LogP contribution in [0.15, 0.2) is 129 Å². The third-order valence-corrected chi connectivity index (χ3v) is 19.8. The summed E-state index contributed by atoms with van der Waals surface area (Å²) in [5.74, 6) is 3.79. The number of nitriles is 1. The fourth-order valence-corrected chi connectivity index (χ4v) is 17.0. The van der Waals surface area contributed by atoms with E-state index >= 15 is 0 Å². The summed E-state index contributed by atoms with van der Waals surface area (Å²) in [4.78, 5) is 5.60. The Bertz CT molecular complexity index is 2320. The molecule has 330 valence electrons. The summed E-state index contributed by atoms with van der Waals surface area (Å²) < 4.78 is 0. The van der Waals surface area contributed by atoms with Crippen molar-refractivity contribution < 1.29 is 0 Å². The first-order chi connectivity index (χ1) is 30.8. The summed E-state index contributed by atoms with van der Waals surface area (Å²) in [6.07, 6.45) is 45.4. The number of thioether (sulfide) groups is 1. The second-order valence-electron chi connectivity index (χ2n) is 21.8. The summed E-state index contributed by atoms with van der Waals surface area (Å²) in [7, 11) is 0. The molecule has 2 saturated carbocycles. The lowest BCUT2D eigenvalue weighted by atomic mass is 9.69. The molecule has 0 amide bonds. The van der Waals surface area contributed by atoms with Gasteiger partial charge in [-0.25, -0.2) is 0 Å². The van der Waals surface area contributed by atoms with Crippen molar-refractivity contribution >= 4 is 11.8 Å². The average Bonchev–Trinajstić information content (AvgIpc) is 3.95. The number of nitrogens with zero attached hydrogens (tertiary/aromatic N) is 3. The molecule has 0 aromatic rings. The van der Waals surface area contributed by atoms with Gasteiger partial charge in [0, 0.05) is 45.8 Å². The summed E-state index contributed by atoms with van der Waals surface area (Å²) >= 11 is 2.38. The van der Waals surface area contributed by atoms with Gasteiger partial charge in [-0.1, -0.05) is 97.2 Å². The highest BCUT2D eigenvalue weighted by molar-refractivity contribution is 8.00. The van der Waals surface area contributed by atoms with E-state index in [0.29, 0.717) is 23.7 Å². The first-order valence-corrected chi connectivity index (χ1v) is 26.3. The zero-order chi connectivity index (χ0) is 42.5. The normalized spacial score (nSPS) is 41.7. The van der Waals surface area contributed by atoms with E-state index in [2.05, 4.69) is 138 Å². The van der Waals surface area contributed by atoms with Crippen LogP contribution in [0.4, 0.5) is 0 Å². The first kappa shape index (κ1) is 40.9. The third kappa shape index (κ3) is 7.06. The number of nitrogens with one attached hydrogen (secondary N) is 3. The third-order valence-electron chi connectivity index (χ3n) is 17.9. The van der Waals surface area contributed by atoms with Gasteiger partial charge in [-0.2, -0.15) is 17.0 Å². The molecule has 0 aromatic carbocycles. The topological polar surface area (TPSA) is 66.4 Å². The van der Waals surface area contributed by atoms with E-state index in [1.54, 1.807) is 5.57 Å². The van der Waals surface area contributed by atoms with Crippen LogP contribution >= 0.6 is 11.8 Å². The Balaban J connectivity index is 0.971. The highest BCUT2D eigenvalue weighted by Gasteiger charge is 2.52. The number of hydrogen-bond acceptors (Lipinski definition) is 7. The molecular formula is C56H70N6S. The molecule has 0 radical (unpaired) electrons. The number of fused-ring (bicyclic) bond motifs is 7. The Kier molecular flexibility index (Phi) is 10.7. The van der Waals surface area contributed by atoms with E-state index in [4.69, 9.17) is 0 Å². The van der Waals surface area contributed by atoms with Gasteiger partial charge in [0.05, 0.1) is 42.2 Å². The first-order valence-electron chi connectivity index (χ1n) is 25.4. The highest BCUT2D eigenvalue weighted by Crippen LogP contribution is 2.57. The van der Waals surface area contributed by atoms with Gasteiger partial charge < -0.3 is 9.80 Å². The second kappa shape index (κ2) is 16.4. The Morgan fingerprint density at radius 1 is 0.762 bits per heavy atom. The van der Waals surface area contributed by atoms with Crippen molar-refractivity contribution in [2.24, 2.45) is 35.5 Å². The summed E-state index contributed by atoms with van der Waals surface area (Å²) in [5, 5.41) is 26.0. The molecule has 14 atom stereocenters. The van der Waals surface area contributed by atoms with Gasteiger partial charge in [0.25, 0.3) is 0 Å². The van der Waals surface area contributed by atoms with Crippen molar-refractivity contribution in [3.05, 3.63) is 129 Å².